The van der Waals surface area contributed by atoms with Crippen molar-refractivity contribution in [1.29, 1.82) is 0 Å². The summed E-state index contributed by atoms with van der Waals surface area (Å²) in [6.07, 6.45) is 6.10. The van der Waals surface area contributed by atoms with Crippen LogP contribution in [-0.2, 0) is 0 Å². The molecule has 0 saturated heterocycles. The maximum absolute atomic E-state index is 10.7. The lowest BCUT2D eigenvalue weighted by Gasteiger charge is -2.12. The second-order valence-corrected chi connectivity index (χ2v) is 3.16. The third-order valence-electron chi connectivity index (χ3n) is 2.06. The predicted molar refractivity (Wildman–Crippen MR) is 59.9 cm³/mol. The van der Waals surface area contributed by atoms with Crippen LogP contribution in [0.1, 0.15) is 23.7 Å². The topological polar surface area (TPSA) is 49.3 Å². The van der Waals surface area contributed by atoms with E-state index in [1.54, 1.807) is 24.3 Å². The smallest absolute Gasteiger partial charge is 0.335 e. The largest absolute Gasteiger partial charge is 0.478 e. The second kappa shape index (κ2) is 5.06. The van der Waals surface area contributed by atoms with Crippen molar-refractivity contribution in [3.05, 3.63) is 29.8 Å². The third kappa shape index (κ3) is 3.03. The van der Waals surface area contributed by atoms with E-state index in [1.807, 2.05) is 6.92 Å². The monoisotopic (exact) mass is 203 g/mol. The fourth-order valence-electron chi connectivity index (χ4n) is 1.20. The molecule has 0 radical (unpaired) electrons. The highest BCUT2D eigenvalue weighted by Gasteiger charge is 2.05. The molecule has 15 heavy (non-hydrogen) atoms. The van der Waals surface area contributed by atoms with Crippen LogP contribution in [0, 0.1) is 12.3 Å². The summed E-state index contributed by atoms with van der Waals surface area (Å²) in [5.74, 6) is 1.65. The van der Waals surface area contributed by atoms with Gasteiger partial charge in [-0.1, -0.05) is 18.9 Å². The minimum atomic E-state index is -0.938. The van der Waals surface area contributed by atoms with Gasteiger partial charge in [-0.15, -0.1) is 6.42 Å². The molecule has 0 heterocycles. The highest BCUT2D eigenvalue weighted by molar-refractivity contribution is 5.88. The minimum Gasteiger partial charge on any atom is -0.478 e. The van der Waals surface area contributed by atoms with E-state index in [9.17, 15) is 4.79 Å². The highest BCUT2D eigenvalue weighted by atomic mass is 16.4. The van der Waals surface area contributed by atoms with E-state index >= 15 is 0 Å². The van der Waals surface area contributed by atoms with Crippen LogP contribution >= 0.6 is 0 Å². The molecule has 3 heteroatoms. The fourth-order valence-corrected chi connectivity index (χ4v) is 1.20. The Morgan fingerprint density at radius 3 is 2.93 bits per heavy atom. The molecule has 3 nitrogen and oxygen atoms in total. The number of carbonyl (C=O) groups is 1. The van der Waals surface area contributed by atoms with Gasteiger partial charge in [0.2, 0.25) is 0 Å². The molecule has 0 fully saturated rings. The lowest BCUT2D eigenvalue weighted by Crippen LogP contribution is -2.15. The molecule has 0 aromatic heterocycles. The van der Waals surface area contributed by atoms with Crippen LogP contribution in [0.2, 0.25) is 0 Å². The molecule has 0 amide bonds. The van der Waals surface area contributed by atoms with Gasteiger partial charge in [-0.2, -0.15) is 0 Å². The molecule has 0 aliphatic heterocycles. The Hall–Kier alpha value is -1.95. The first-order valence-corrected chi connectivity index (χ1v) is 4.73. The summed E-state index contributed by atoms with van der Waals surface area (Å²) in [7, 11) is 0. The molecule has 1 aromatic rings. The molecule has 1 aromatic carbocycles. The van der Waals surface area contributed by atoms with Crippen LogP contribution in [0.3, 0.4) is 0 Å². The quantitative estimate of drug-likeness (QED) is 0.737. The fraction of sp³-hybridized carbons (Fsp3) is 0.250. The number of rotatable bonds is 4. The number of hydrogen-bond acceptors (Lipinski definition) is 2. The van der Waals surface area contributed by atoms with Crippen molar-refractivity contribution in [2.24, 2.45) is 0 Å². The van der Waals surface area contributed by atoms with E-state index in [4.69, 9.17) is 11.5 Å². The molecule has 0 saturated carbocycles. The summed E-state index contributed by atoms with van der Waals surface area (Å²) in [5.41, 5.74) is 0.992. The van der Waals surface area contributed by atoms with Crippen LogP contribution in [-0.4, -0.2) is 17.1 Å². The number of carboxylic acids is 1. The maximum Gasteiger partial charge on any atom is 0.335 e. The molecule has 2 N–H and O–H groups in total. The Bertz CT molecular complexity index is 393. The van der Waals surface area contributed by atoms with Crippen LogP contribution in [0.25, 0.3) is 0 Å². The first-order chi connectivity index (χ1) is 7.17. The maximum atomic E-state index is 10.7. The van der Waals surface area contributed by atoms with E-state index in [2.05, 4.69) is 11.2 Å². The van der Waals surface area contributed by atoms with Gasteiger partial charge in [0.15, 0.2) is 0 Å². The standard InChI is InChI=1S/C12H13NO2/c1-3-10(4-2)13-11-7-5-6-9(8-11)12(14)15/h1,5-8,10,13H,4H2,2H3,(H,14,15). The van der Waals surface area contributed by atoms with Gasteiger partial charge >= 0.3 is 5.97 Å². The lowest BCUT2D eigenvalue weighted by atomic mass is 10.1. The van der Waals surface area contributed by atoms with E-state index in [0.717, 1.165) is 12.1 Å². The van der Waals surface area contributed by atoms with Gasteiger partial charge < -0.3 is 10.4 Å². The van der Waals surface area contributed by atoms with E-state index in [1.165, 1.54) is 0 Å². The Kier molecular flexibility index (Phi) is 3.75. The van der Waals surface area contributed by atoms with Crippen LogP contribution in [0.4, 0.5) is 5.69 Å². The zero-order valence-corrected chi connectivity index (χ0v) is 8.53. The zero-order chi connectivity index (χ0) is 11.3. The highest BCUT2D eigenvalue weighted by Crippen LogP contribution is 2.12. The summed E-state index contributed by atoms with van der Waals surface area (Å²) in [6, 6.07) is 6.54. The number of benzene rings is 1. The Labute approximate surface area is 89.1 Å². The molecule has 0 bridgehead atoms. The van der Waals surface area contributed by atoms with Crippen molar-refractivity contribution in [3.63, 3.8) is 0 Å². The number of nitrogens with one attached hydrogen (secondary N) is 1. The first kappa shape index (κ1) is 11.1. The number of anilines is 1. The van der Waals surface area contributed by atoms with Crippen molar-refractivity contribution in [1.82, 2.24) is 0 Å². The number of carboxylic acid groups (broad SMARTS) is 1. The summed E-state index contributed by atoms with van der Waals surface area (Å²) >= 11 is 0. The van der Waals surface area contributed by atoms with Gasteiger partial charge in [0.1, 0.15) is 0 Å². The molecule has 1 unspecified atom stereocenters. The van der Waals surface area contributed by atoms with Gasteiger partial charge in [-0.25, -0.2) is 4.79 Å². The van der Waals surface area contributed by atoms with Crippen molar-refractivity contribution in [2.75, 3.05) is 5.32 Å². The molecule has 1 atom stereocenters. The molecule has 0 aliphatic carbocycles. The van der Waals surface area contributed by atoms with E-state index in [0.29, 0.717) is 0 Å². The molecular formula is C12H13NO2. The van der Waals surface area contributed by atoms with E-state index < -0.39 is 5.97 Å². The number of aromatic carboxylic acids is 1. The normalized spacial score (nSPS) is 11.5. The van der Waals surface area contributed by atoms with Gasteiger partial charge in [0.05, 0.1) is 11.6 Å². The average molecular weight is 203 g/mol. The Morgan fingerprint density at radius 1 is 1.67 bits per heavy atom. The second-order valence-electron chi connectivity index (χ2n) is 3.16. The van der Waals surface area contributed by atoms with Crippen molar-refractivity contribution < 1.29 is 9.90 Å². The summed E-state index contributed by atoms with van der Waals surface area (Å²) < 4.78 is 0. The Morgan fingerprint density at radius 2 is 2.40 bits per heavy atom. The van der Waals surface area contributed by atoms with Crippen molar-refractivity contribution in [3.8, 4) is 12.3 Å². The van der Waals surface area contributed by atoms with Gasteiger partial charge in [0, 0.05) is 5.69 Å². The van der Waals surface area contributed by atoms with Crippen LogP contribution in [0.15, 0.2) is 24.3 Å². The summed E-state index contributed by atoms with van der Waals surface area (Å²) in [5, 5.41) is 11.9. The van der Waals surface area contributed by atoms with Crippen LogP contribution < -0.4 is 5.32 Å². The van der Waals surface area contributed by atoms with Gasteiger partial charge in [-0.05, 0) is 24.6 Å². The Balaban J connectivity index is 2.83. The van der Waals surface area contributed by atoms with Crippen LogP contribution in [0.5, 0.6) is 0 Å². The molecule has 0 aliphatic rings. The number of terminal acetylenes is 1. The minimum absolute atomic E-state index is 0.0611. The van der Waals surface area contributed by atoms with Crippen molar-refractivity contribution >= 4 is 11.7 Å². The molecule has 1 rings (SSSR count). The molecular weight excluding hydrogens is 190 g/mol. The van der Waals surface area contributed by atoms with Gasteiger partial charge in [-0.3, -0.25) is 0 Å². The third-order valence-corrected chi connectivity index (χ3v) is 2.06. The molecule has 78 valence electrons. The van der Waals surface area contributed by atoms with Crippen molar-refractivity contribution in [2.45, 2.75) is 19.4 Å². The lowest BCUT2D eigenvalue weighted by molar-refractivity contribution is 0.0697. The molecule has 0 spiro atoms. The average Bonchev–Trinajstić information content (AvgIpc) is 2.26. The summed E-state index contributed by atoms with van der Waals surface area (Å²) in [4.78, 5) is 10.7. The predicted octanol–water partition coefficient (Wildman–Crippen LogP) is 2.21. The zero-order valence-electron chi connectivity index (χ0n) is 8.53. The SMILES string of the molecule is C#CC(CC)Nc1cccc(C(=O)O)c1. The number of hydrogen-bond donors (Lipinski definition) is 2. The van der Waals surface area contributed by atoms with Gasteiger partial charge in [0.25, 0.3) is 0 Å². The first-order valence-electron chi connectivity index (χ1n) is 4.73. The van der Waals surface area contributed by atoms with E-state index in [-0.39, 0.29) is 11.6 Å². The summed E-state index contributed by atoms with van der Waals surface area (Å²) in [6.45, 7) is 1.97.